The Kier molecular flexibility index (Phi) is 3.12. The zero-order valence-electron chi connectivity index (χ0n) is 10.6. The molecule has 0 radical (unpaired) electrons. The molecule has 1 aromatic carbocycles. The molecular formula is C14H18N2OS. The Morgan fingerprint density at radius 2 is 2.28 bits per heavy atom. The Bertz CT molecular complexity index is 610. The summed E-state index contributed by atoms with van der Waals surface area (Å²) in [5.74, 6) is 1.82. The van der Waals surface area contributed by atoms with Crippen molar-refractivity contribution in [1.82, 2.24) is 9.55 Å². The molecule has 1 aromatic heterocycles. The molecule has 0 saturated heterocycles. The molecule has 3 rings (SSSR count). The van der Waals surface area contributed by atoms with Gasteiger partial charge in [-0.2, -0.15) is 0 Å². The highest BCUT2D eigenvalue weighted by Crippen LogP contribution is 2.33. The van der Waals surface area contributed by atoms with Gasteiger partial charge in [0.15, 0.2) is 4.77 Å². The van der Waals surface area contributed by atoms with Gasteiger partial charge in [-0.15, -0.1) is 0 Å². The summed E-state index contributed by atoms with van der Waals surface area (Å²) in [5.41, 5.74) is 2.19. The Hall–Kier alpha value is -1.29. The second kappa shape index (κ2) is 4.76. The predicted octanol–water partition coefficient (Wildman–Crippen LogP) is 3.90. The van der Waals surface area contributed by atoms with Crippen LogP contribution in [0.5, 0.6) is 5.75 Å². The largest absolute Gasteiger partial charge is 0.492 e. The summed E-state index contributed by atoms with van der Waals surface area (Å²) in [6.07, 6.45) is 4.01. The maximum absolute atomic E-state index is 5.63. The highest BCUT2D eigenvalue weighted by atomic mass is 32.1. The molecule has 0 bridgehead atoms. The number of hydrogen-bond donors (Lipinski definition) is 1. The normalized spacial score (nSPS) is 15.2. The van der Waals surface area contributed by atoms with Crippen LogP contribution in [-0.4, -0.2) is 16.2 Å². The van der Waals surface area contributed by atoms with Crippen molar-refractivity contribution in [2.24, 2.45) is 5.92 Å². The van der Waals surface area contributed by atoms with Gasteiger partial charge in [0.2, 0.25) is 0 Å². The van der Waals surface area contributed by atoms with Crippen LogP contribution in [0.3, 0.4) is 0 Å². The molecular weight excluding hydrogens is 244 g/mol. The van der Waals surface area contributed by atoms with E-state index in [-0.39, 0.29) is 0 Å². The van der Waals surface area contributed by atoms with Gasteiger partial charge in [0, 0.05) is 6.54 Å². The fourth-order valence-corrected chi connectivity index (χ4v) is 2.66. The molecule has 1 saturated carbocycles. The number of aromatic nitrogens is 2. The molecule has 2 aromatic rings. The average molecular weight is 262 g/mol. The first-order chi connectivity index (χ1) is 8.79. The molecule has 18 heavy (non-hydrogen) atoms. The summed E-state index contributed by atoms with van der Waals surface area (Å²) in [7, 11) is 0. The molecule has 1 aliphatic carbocycles. The van der Waals surface area contributed by atoms with Gasteiger partial charge in [0.05, 0.1) is 12.1 Å². The van der Waals surface area contributed by atoms with Gasteiger partial charge in [-0.3, -0.25) is 0 Å². The van der Waals surface area contributed by atoms with E-state index in [0.29, 0.717) is 6.61 Å². The summed E-state index contributed by atoms with van der Waals surface area (Å²) in [5, 5.41) is 0. The number of aromatic amines is 1. The molecule has 4 heteroatoms. The molecule has 0 aliphatic heterocycles. The fraction of sp³-hybridized carbons (Fsp3) is 0.500. The summed E-state index contributed by atoms with van der Waals surface area (Å²) in [6, 6.07) is 6.13. The lowest BCUT2D eigenvalue weighted by molar-refractivity contribution is 0.343. The van der Waals surface area contributed by atoms with Crippen LogP contribution in [0.25, 0.3) is 11.0 Å². The number of hydrogen-bond acceptors (Lipinski definition) is 2. The number of imidazole rings is 1. The van der Waals surface area contributed by atoms with E-state index < -0.39 is 0 Å². The maximum atomic E-state index is 5.63. The minimum atomic E-state index is 0.674. The lowest BCUT2D eigenvalue weighted by Gasteiger charge is -2.06. The van der Waals surface area contributed by atoms with E-state index in [2.05, 4.69) is 15.6 Å². The quantitative estimate of drug-likeness (QED) is 0.828. The first-order valence-electron chi connectivity index (χ1n) is 6.64. The number of rotatable bonds is 5. The first-order valence-corrected chi connectivity index (χ1v) is 7.04. The van der Waals surface area contributed by atoms with Crippen LogP contribution in [0.4, 0.5) is 0 Å². The third-order valence-corrected chi connectivity index (χ3v) is 3.85. The average Bonchev–Trinajstić information content (AvgIpc) is 3.12. The predicted molar refractivity (Wildman–Crippen MR) is 75.6 cm³/mol. The molecule has 96 valence electrons. The van der Waals surface area contributed by atoms with Crippen LogP contribution in [0.1, 0.15) is 26.2 Å². The maximum Gasteiger partial charge on any atom is 0.178 e. The summed E-state index contributed by atoms with van der Waals surface area (Å²) < 4.78 is 8.64. The first kappa shape index (κ1) is 11.8. The number of aryl methyl sites for hydroxylation is 1. The van der Waals surface area contributed by atoms with Crippen LogP contribution in [0, 0.1) is 10.7 Å². The van der Waals surface area contributed by atoms with Crippen molar-refractivity contribution in [1.29, 1.82) is 0 Å². The monoisotopic (exact) mass is 262 g/mol. The van der Waals surface area contributed by atoms with Crippen molar-refractivity contribution in [3.05, 3.63) is 23.0 Å². The van der Waals surface area contributed by atoms with Crippen LogP contribution >= 0.6 is 12.2 Å². The molecule has 0 spiro atoms. The van der Waals surface area contributed by atoms with Gasteiger partial charge in [0.25, 0.3) is 0 Å². The van der Waals surface area contributed by atoms with Crippen molar-refractivity contribution >= 4 is 23.3 Å². The molecule has 1 heterocycles. The van der Waals surface area contributed by atoms with E-state index in [1.165, 1.54) is 19.3 Å². The lowest BCUT2D eigenvalue weighted by atomic mass is 10.2. The fourth-order valence-electron chi connectivity index (χ4n) is 2.37. The molecule has 3 nitrogen and oxygen atoms in total. The number of para-hydroxylation sites is 1. The van der Waals surface area contributed by atoms with Crippen molar-refractivity contribution in [2.45, 2.75) is 32.7 Å². The van der Waals surface area contributed by atoms with Gasteiger partial charge in [-0.05, 0) is 43.6 Å². The van der Waals surface area contributed by atoms with Crippen molar-refractivity contribution in [2.75, 3.05) is 6.61 Å². The van der Waals surface area contributed by atoms with Crippen molar-refractivity contribution < 1.29 is 4.74 Å². The van der Waals surface area contributed by atoms with Gasteiger partial charge >= 0.3 is 0 Å². The number of H-pyrrole nitrogens is 1. The van der Waals surface area contributed by atoms with E-state index in [9.17, 15) is 0 Å². The van der Waals surface area contributed by atoms with Gasteiger partial charge < -0.3 is 14.3 Å². The standard InChI is InChI=1S/C14H18N2OS/c1-2-17-12-5-3-4-11-13(12)15-14(18)16(11)9-8-10-6-7-10/h3-5,10H,2,6-9H2,1H3,(H,15,18). The molecule has 1 N–H and O–H groups in total. The number of ether oxygens (including phenoxy) is 1. The summed E-state index contributed by atoms with van der Waals surface area (Å²) in [6.45, 7) is 3.68. The van der Waals surface area contributed by atoms with Gasteiger partial charge in [-0.1, -0.05) is 18.9 Å². The molecule has 1 aliphatic rings. The Morgan fingerprint density at radius 3 is 3.00 bits per heavy atom. The van der Waals surface area contributed by atoms with Gasteiger partial charge in [0.1, 0.15) is 11.3 Å². The zero-order chi connectivity index (χ0) is 12.5. The van der Waals surface area contributed by atoms with E-state index in [1.54, 1.807) is 0 Å². The van der Waals surface area contributed by atoms with Crippen LogP contribution in [0.15, 0.2) is 18.2 Å². The SMILES string of the molecule is CCOc1cccc2c1[nH]c(=S)n2CCC1CC1. The van der Waals surface area contributed by atoms with Crippen LogP contribution in [0.2, 0.25) is 0 Å². The molecule has 0 atom stereocenters. The third kappa shape index (κ3) is 2.17. The number of nitrogens with one attached hydrogen (secondary N) is 1. The minimum absolute atomic E-state index is 0.674. The second-order valence-corrected chi connectivity index (χ2v) is 5.28. The number of benzene rings is 1. The summed E-state index contributed by atoms with van der Waals surface area (Å²) in [4.78, 5) is 3.28. The topological polar surface area (TPSA) is 29.9 Å². The van der Waals surface area contributed by atoms with E-state index >= 15 is 0 Å². The lowest BCUT2D eigenvalue weighted by Crippen LogP contribution is -1.98. The minimum Gasteiger partial charge on any atom is -0.492 e. The van der Waals surface area contributed by atoms with E-state index in [0.717, 1.165) is 34.0 Å². The molecule has 0 amide bonds. The van der Waals surface area contributed by atoms with Crippen molar-refractivity contribution in [3.63, 3.8) is 0 Å². The number of fused-ring (bicyclic) bond motifs is 1. The Labute approximate surface area is 112 Å². The van der Waals surface area contributed by atoms with E-state index in [4.69, 9.17) is 17.0 Å². The van der Waals surface area contributed by atoms with Gasteiger partial charge in [-0.25, -0.2) is 0 Å². The Morgan fingerprint density at radius 1 is 1.44 bits per heavy atom. The Balaban J connectivity index is 1.99. The van der Waals surface area contributed by atoms with Crippen LogP contribution < -0.4 is 4.74 Å². The molecule has 0 unspecified atom stereocenters. The summed E-state index contributed by atoms with van der Waals surface area (Å²) >= 11 is 5.42. The van der Waals surface area contributed by atoms with E-state index in [1.807, 2.05) is 19.1 Å². The molecule has 1 fully saturated rings. The third-order valence-electron chi connectivity index (χ3n) is 3.53. The zero-order valence-corrected chi connectivity index (χ0v) is 11.4. The smallest absolute Gasteiger partial charge is 0.178 e. The second-order valence-electron chi connectivity index (χ2n) is 4.90. The number of nitrogens with zero attached hydrogens (tertiary/aromatic N) is 1. The van der Waals surface area contributed by atoms with Crippen molar-refractivity contribution in [3.8, 4) is 5.75 Å². The van der Waals surface area contributed by atoms with Crippen LogP contribution in [-0.2, 0) is 6.54 Å². The highest BCUT2D eigenvalue weighted by molar-refractivity contribution is 7.71. The highest BCUT2D eigenvalue weighted by Gasteiger charge is 2.21.